The van der Waals surface area contributed by atoms with Crippen LogP contribution in [0.25, 0.3) is 11.0 Å². The predicted molar refractivity (Wildman–Crippen MR) is 86.4 cm³/mol. The number of ether oxygens (including phenoxy) is 1. The van der Waals surface area contributed by atoms with Crippen molar-refractivity contribution in [3.63, 3.8) is 0 Å². The van der Waals surface area contributed by atoms with Crippen LogP contribution in [0.4, 0.5) is 11.4 Å². The lowest BCUT2D eigenvalue weighted by Crippen LogP contribution is -2.25. The van der Waals surface area contributed by atoms with Gasteiger partial charge in [0.2, 0.25) is 0 Å². The molecule has 2 heterocycles. The summed E-state index contributed by atoms with van der Waals surface area (Å²) in [5.41, 5.74) is 3.35. The summed E-state index contributed by atoms with van der Waals surface area (Å²) in [6.45, 7) is 2.05. The molecule has 7 heteroatoms. The molecule has 1 aromatic heterocycles. The van der Waals surface area contributed by atoms with Crippen LogP contribution in [0.5, 0.6) is 5.75 Å². The number of hydrogen-bond donors (Lipinski definition) is 2. The van der Waals surface area contributed by atoms with Gasteiger partial charge in [-0.25, -0.2) is 4.68 Å². The minimum atomic E-state index is -0.148. The molecule has 2 aromatic carbocycles. The smallest absolute Gasteiger partial charge is 0.262 e. The van der Waals surface area contributed by atoms with Crippen molar-refractivity contribution in [2.75, 3.05) is 17.2 Å². The van der Waals surface area contributed by atoms with Crippen LogP contribution in [0.3, 0.4) is 0 Å². The average Bonchev–Trinajstić information content (AvgIpc) is 2.98. The number of anilines is 2. The number of nitrogens with zero attached hydrogens (tertiary/aromatic N) is 3. The molecule has 0 radical (unpaired) electrons. The van der Waals surface area contributed by atoms with Gasteiger partial charge in [-0.2, -0.15) is 0 Å². The molecule has 0 bridgehead atoms. The molecular formula is C16H15N5O2. The van der Waals surface area contributed by atoms with Crippen LogP contribution in [0.1, 0.15) is 13.1 Å². The van der Waals surface area contributed by atoms with Gasteiger partial charge < -0.3 is 15.4 Å². The number of nitrogens with one attached hydrogen (secondary N) is 2. The number of fused-ring (bicyclic) bond motifs is 2. The normalized spacial score (nSPS) is 14.7. The molecular weight excluding hydrogens is 294 g/mol. The minimum absolute atomic E-state index is 0.0567. The molecule has 1 atom stereocenters. The van der Waals surface area contributed by atoms with E-state index >= 15 is 0 Å². The summed E-state index contributed by atoms with van der Waals surface area (Å²) < 4.78 is 7.18. The molecule has 0 spiro atoms. The number of rotatable bonds is 3. The van der Waals surface area contributed by atoms with Crippen molar-refractivity contribution >= 4 is 28.3 Å². The number of hydrogen-bond acceptors (Lipinski definition) is 5. The Balaban J connectivity index is 1.60. The van der Waals surface area contributed by atoms with Crippen molar-refractivity contribution in [1.29, 1.82) is 0 Å². The van der Waals surface area contributed by atoms with Gasteiger partial charge in [0.1, 0.15) is 17.4 Å². The van der Waals surface area contributed by atoms with Crippen LogP contribution >= 0.6 is 0 Å². The monoisotopic (exact) mass is 309 g/mol. The molecule has 1 unspecified atom stereocenters. The van der Waals surface area contributed by atoms with Gasteiger partial charge in [-0.3, -0.25) is 4.79 Å². The number of aromatic nitrogens is 3. The van der Waals surface area contributed by atoms with E-state index in [1.165, 1.54) is 0 Å². The quantitative estimate of drug-likeness (QED) is 0.776. The maximum absolute atomic E-state index is 11.4. The van der Waals surface area contributed by atoms with E-state index in [0.29, 0.717) is 11.4 Å². The van der Waals surface area contributed by atoms with Gasteiger partial charge in [0, 0.05) is 5.69 Å². The molecule has 116 valence electrons. The number of carbonyl (C=O) groups is 1. The Hall–Kier alpha value is -3.09. The first-order chi connectivity index (χ1) is 11.2. The largest absolute Gasteiger partial charge is 0.482 e. The van der Waals surface area contributed by atoms with Gasteiger partial charge in [-0.05, 0) is 37.3 Å². The van der Waals surface area contributed by atoms with Crippen LogP contribution in [-0.4, -0.2) is 27.5 Å². The first-order valence-corrected chi connectivity index (χ1v) is 7.34. The molecule has 1 amide bonds. The van der Waals surface area contributed by atoms with Gasteiger partial charge in [-0.15, -0.1) is 5.10 Å². The maximum atomic E-state index is 11.4. The molecule has 4 rings (SSSR count). The molecule has 0 fully saturated rings. The second kappa shape index (κ2) is 5.28. The van der Waals surface area contributed by atoms with Gasteiger partial charge in [0.05, 0.1) is 11.2 Å². The topological polar surface area (TPSA) is 81.1 Å². The average molecular weight is 309 g/mol. The van der Waals surface area contributed by atoms with Crippen molar-refractivity contribution in [2.24, 2.45) is 0 Å². The molecule has 23 heavy (non-hydrogen) atoms. The highest BCUT2D eigenvalue weighted by Gasteiger charge is 2.17. The summed E-state index contributed by atoms with van der Waals surface area (Å²) in [6, 6.07) is 13.4. The first kappa shape index (κ1) is 13.6. The predicted octanol–water partition coefficient (Wildman–Crippen LogP) is 2.39. The lowest BCUT2D eigenvalue weighted by Gasteiger charge is -2.21. The Bertz CT molecular complexity index is 889. The van der Waals surface area contributed by atoms with Crippen LogP contribution in [-0.2, 0) is 4.79 Å². The number of para-hydroxylation sites is 1. The summed E-state index contributed by atoms with van der Waals surface area (Å²) in [5, 5.41) is 14.5. The van der Waals surface area contributed by atoms with E-state index in [9.17, 15) is 4.79 Å². The Morgan fingerprint density at radius 3 is 3.09 bits per heavy atom. The van der Waals surface area contributed by atoms with E-state index < -0.39 is 0 Å². The van der Waals surface area contributed by atoms with Crippen LogP contribution in [0, 0.1) is 0 Å². The van der Waals surface area contributed by atoms with E-state index in [4.69, 9.17) is 4.74 Å². The summed E-state index contributed by atoms with van der Waals surface area (Å²) in [4.78, 5) is 11.4. The van der Waals surface area contributed by atoms with E-state index in [1.54, 1.807) is 0 Å². The molecule has 7 nitrogen and oxygen atoms in total. The third kappa shape index (κ3) is 2.46. The van der Waals surface area contributed by atoms with Gasteiger partial charge in [0.25, 0.3) is 5.91 Å². The molecule has 0 saturated heterocycles. The van der Waals surface area contributed by atoms with E-state index in [-0.39, 0.29) is 18.7 Å². The summed E-state index contributed by atoms with van der Waals surface area (Å²) in [5.74, 6) is 0.527. The van der Waals surface area contributed by atoms with Gasteiger partial charge in [-0.1, -0.05) is 17.3 Å². The van der Waals surface area contributed by atoms with E-state index in [2.05, 4.69) is 20.9 Å². The highest BCUT2D eigenvalue weighted by atomic mass is 16.5. The molecule has 0 saturated carbocycles. The van der Waals surface area contributed by atoms with Crippen LogP contribution in [0.2, 0.25) is 0 Å². The fourth-order valence-electron chi connectivity index (χ4n) is 2.65. The first-order valence-electron chi connectivity index (χ1n) is 7.34. The maximum Gasteiger partial charge on any atom is 0.262 e. The van der Waals surface area contributed by atoms with E-state index in [0.717, 1.165) is 16.7 Å². The number of benzene rings is 2. The Morgan fingerprint density at radius 2 is 2.17 bits per heavy atom. The highest BCUT2D eigenvalue weighted by molar-refractivity contribution is 5.96. The van der Waals surface area contributed by atoms with Crippen molar-refractivity contribution < 1.29 is 9.53 Å². The fraction of sp³-hybridized carbons (Fsp3) is 0.188. The summed E-state index contributed by atoms with van der Waals surface area (Å²) in [6.07, 6.45) is -0.0966. The highest BCUT2D eigenvalue weighted by Crippen LogP contribution is 2.31. The Morgan fingerprint density at radius 1 is 1.30 bits per heavy atom. The van der Waals surface area contributed by atoms with Crippen molar-refractivity contribution in [3.8, 4) is 5.75 Å². The molecule has 1 aliphatic heterocycles. The van der Waals surface area contributed by atoms with Crippen LogP contribution in [0.15, 0.2) is 42.5 Å². The zero-order valence-corrected chi connectivity index (χ0v) is 12.5. The van der Waals surface area contributed by atoms with Gasteiger partial charge >= 0.3 is 0 Å². The Labute approximate surface area is 132 Å². The molecule has 0 aliphatic carbocycles. The molecule has 2 N–H and O–H groups in total. The zero-order chi connectivity index (χ0) is 15.8. The lowest BCUT2D eigenvalue weighted by atomic mass is 10.2. The second-order valence-electron chi connectivity index (χ2n) is 5.39. The number of carbonyl (C=O) groups excluding carboxylic acids is 1. The zero-order valence-electron chi connectivity index (χ0n) is 12.5. The summed E-state index contributed by atoms with van der Waals surface area (Å²) in [7, 11) is 0. The third-order valence-electron chi connectivity index (χ3n) is 3.73. The second-order valence-corrected chi connectivity index (χ2v) is 5.39. The van der Waals surface area contributed by atoms with Crippen molar-refractivity contribution in [1.82, 2.24) is 15.0 Å². The minimum Gasteiger partial charge on any atom is -0.482 e. The standard InChI is InChI=1S/C16H15N5O2/c1-10(21-14-5-3-2-4-12(14)19-20-21)17-11-6-7-15-13(8-11)18-16(22)9-23-15/h2-8,10,17H,9H2,1H3,(H,18,22). The fourth-order valence-corrected chi connectivity index (χ4v) is 2.65. The van der Waals surface area contributed by atoms with Gasteiger partial charge in [0.15, 0.2) is 6.61 Å². The molecule has 1 aliphatic rings. The number of amides is 1. The summed E-state index contributed by atoms with van der Waals surface area (Å²) >= 11 is 0. The van der Waals surface area contributed by atoms with Crippen molar-refractivity contribution in [3.05, 3.63) is 42.5 Å². The molecule has 3 aromatic rings. The SMILES string of the molecule is CC(Nc1ccc2c(c1)NC(=O)CO2)n1nnc2ccccc21. The van der Waals surface area contributed by atoms with Crippen LogP contribution < -0.4 is 15.4 Å². The third-order valence-corrected chi connectivity index (χ3v) is 3.73. The van der Waals surface area contributed by atoms with Crippen molar-refractivity contribution in [2.45, 2.75) is 13.1 Å². The Kier molecular flexibility index (Phi) is 3.11. The van der Waals surface area contributed by atoms with E-state index in [1.807, 2.05) is 54.1 Å². The lowest BCUT2D eigenvalue weighted by molar-refractivity contribution is -0.118.